The number of hydrogen-bond acceptors (Lipinski definition) is 3. The predicted octanol–water partition coefficient (Wildman–Crippen LogP) is 4.22. The average Bonchev–Trinajstić information content (AvgIpc) is 2.42. The van der Waals surface area contributed by atoms with Gasteiger partial charge in [0.25, 0.3) is 0 Å². The minimum absolute atomic E-state index is 0.298. The van der Waals surface area contributed by atoms with E-state index in [0.29, 0.717) is 6.61 Å². The molecule has 0 aromatic heterocycles. The van der Waals surface area contributed by atoms with Gasteiger partial charge in [0.1, 0.15) is 12.4 Å². The molecule has 94 valence electrons. The molecule has 2 nitrogen and oxygen atoms in total. The molecule has 3 heteroatoms. The van der Waals surface area contributed by atoms with Crippen molar-refractivity contribution in [3.63, 3.8) is 0 Å². The zero-order chi connectivity index (χ0) is 13.2. The number of aryl methyl sites for hydroxylation is 1. The summed E-state index contributed by atoms with van der Waals surface area (Å²) in [7, 11) is 0. The van der Waals surface area contributed by atoms with Crippen molar-refractivity contribution < 1.29 is 4.74 Å². The molecule has 0 saturated carbocycles. The molecule has 0 amide bonds. The molecule has 1 heterocycles. The zero-order valence-corrected chi connectivity index (χ0v) is 11.4. The van der Waals surface area contributed by atoms with Crippen LogP contribution in [0, 0.1) is 19.3 Å². The number of anilines is 2. The van der Waals surface area contributed by atoms with E-state index in [-0.39, 0.29) is 0 Å². The van der Waals surface area contributed by atoms with E-state index in [1.54, 1.807) is 11.8 Å². The number of hydrogen-bond donors (Lipinski definition) is 1. The molecule has 0 radical (unpaired) electrons. The Morgan fingerprint density at radius 2 is 1.89 bits per heavy atom. The topological polar surface area (TPSA) is 21.3 Å². The lowest BCUT2D eigenvalue weighted by Crippen LogP contribution is -2.01. The molecular weight excluding hydrogens is 254 g/mol. The summed E-state index contributed by atoms with van der Waals surface area (Å²) in [5.74, 6) is 3.28. The molecule has 1 N–H and O–H groups in total. The fourth-order valence-electron chi connectivity index (χ4n) is 1.99. The second-order valence-corrected chi connectivity index (χ2v) is 5.46. The highest BCUT2D eigenvalue weighted by atomic mass is 32.2. The van der Waals surface area contributed by atoms with Gasteiger partial charge in [-0.05, 0) is 42.8 Å². The zero-order valence-electron chi connectivity index (χ0n) is 10.6. The number of terminal acetylenes is 1. The molecular formula is C16H13NOS. The van der Waals surface area contributed by atoms with Crippen molar-refractivity contribution in [3.8, 4) is 18.1 Å². The van der Waals surface area contributed by atoms with Crippen LogP contribution in [0.1, 0.15) is 5.56 Å². The summed E-state index contributed by atoms with van der Waals surface area (Å²) in [4.78, 5) is 2.40. The fraction of sp³-hybridized carbons (Fsp3) is 0.125. The molecule has 0 atom stereocenters. The Bertz CT molecular complexity index is 673. The molecule has 2 aromatic carbocycles. The van der Waals surface area contributed by atoms with E-state index >= 15 is 0 Å². The van der Waals surface area contributed by atoms with E-state index in [1.807, 2.05) is 18.2 Å². The normalized spacial score (nSPS) is 11.8. The number of benzene rings is 2. The van der Waals surface area contributed by atoms with Gasteiger partial charge in [-0.15, -0.1) is 6.42 Å². The van der Waals surface area contributed by atoms with Crippen LogP contribution < -0.4 is 10.1 Å². The van der Waals surface area contributed by atoms with E-state index in [0.717, 1.165) is 22.0 Å². The number of fused-ring (bicyclic) bond motifs is 2. The third-order valence-corrected chi connectivity index (χ3v) is 4.02. The van der Waals surface area contributed by atoms with Crippen molar-refractivity contribution in [2.24, 2.45) is 0 Å². The lowest BCUT2D eigenvalue weighted by atomic mass is 10.2. The summed E-state index contributed by atoms with van der Waals surface area (Å²) in [6.07, 6.45) is 5.20. The molecule has 0 saturated heterocycles. The molecule has 0 spiro atoms. The second-order valence-electron chi connectivity index (χ2n) is 4.38. The van der Waals surface area contributed by atoms with Crippen LogP contribution in [0.5, 0.6) is 5.75 Å². The van der Waals surface area contributed by atoms with Crippen molar-refractivity contribution in [3.05, 3.63) is 42.0 Å². The minimum Gasteiger partial charge on any atom is -0.481 e. The van der Waals surface area contributed by atoms with E-state index in [9.17, 15) is 0 Å². The smallest absolute Gasteiger partial charge is 0.148 e. The highest BCUT2D eigenvalue weighted by Crippen LogP contribution is 2.45. The summed E-state index contributed by atoms with van der Waals surface area (Å²) < 4.78 is 5.46. The Hall–Kier alpha value is -2.05. The van der Waals surface area contributed by atoms with Gasteiger partial charge in [-0.1, -0.05) is 23.7 Å². The van der Waals surface area contributed by atoms with Crippen molar-refractivity contribution in [1.29, 1.82) is 0 Å². The van der Waals surface area contributed by atoms with Crippen LogP contribution in [0.3, 0.4) is 0 Å². The molecule has 1 aliphatic rings. The first kappa shape index (κ1) is 12.0. The van der Waals surface area contributed by atoms with Gasteiger partial charge in [0, 0.05) is 9.79 Å². The predicted molar refractivity (Wildman–Crippen MR) is 79.4 cm³/mol. The van der Waals surface area contributed by atoms with Gasteiger partial charge in [0.05, 0.1) is 11.4 Å². The third-order valence-electron chi connectivity index (χ3n) is 2.90. The Morgan fingerprint density at radius 1 is 1.16 bits per heavy atom. The first-order valence-electron chi connectivity index (χ1n) is 6.02. The van der Waals surface area contributed by atoms with E-state index in [1.165, 1.54) is 10.5 Å². The van der Waals surface area contributed by atoms with Crippen LogP contribution in [0.25, 0.3) is 0 Å². The fourth-order valence-corrected chi connectivity index (χ4v) is 3.10. The SMILES string of the molecule is C#CCOc1ccc2c(c1)Sc1cc(C)ccc1N2. The number of nitrogens with one attached hydrogen (secondary N) is 1. The van der Waals surface area contributed by atoms with Crippen LogP contribution in [0.2, 0.25) is 0 Å². The Labute approximate surface area is 117 Å². The maximum atomic E-state index is 5.46. The van der Waals surface area contributed by atoms with Gasteiger partial charge < -0.3 is 10.1 Å². The van der Waals surface area contributed by atoms with Crippen molar-refractivity contribution in [2.75, 3.05) is 11.9 Å². The first-order chi connectivity index (χ1) is 9.26. The van der Waals surface area contributed by atoms with Gasteiger partial charge in [-0.2, -0.15) is 0 Å². The number of rotatable bonds is 2. The molecule has 0 bridgehead atoms. The molecule has 2 aromatic rings. The van der Waals surface area contributed by atoms with Gasteiger partial charge in [0.15, 0.2) is 0 Å². The summed E-state index contributed by atoms with van der Waals surface area (Å²) in [5, 5.41) is 3.43. The van der Waals surface area contributed by atoms with Gasteiger partial charge >= 0.3 is 0 Å². The Morgan fingerprint density at radius 3 is 2.68 bits per heavy atom. The van der Waals surface area contributed by atoms with Gasteiger partial charge in [-0.25, -0.2) is 0 Å². The highest BCUT2D eigenvalue weighted by Gasteiger charge is 2.16. The first-order valence-corrected chi connectivity index (χ1v) is 6.84. The minimum atomic E-state index is 0.298. The van der Waals surface area contributed by atoms with E-state index in [2.05, 4.69) is 36.4 Å². The monoisotopic (exact) mass is 267 g/mol. The quantitative estimate of drug-likeness (QED) is 0.703. The standard InChI is InChI=1S/C16H13NOS/c1-3-8-18-12-5-7-14-16(10-12)19-15-9-11(2)4-6-13(15)17-14/h1,4-7,9-10,17H,8H2,2H3. The summed E-state index contributed by atoms with van der Waals surface area (Å²) in [6, 6.07) is 12.4. The Kier molecular flexibility index (Phi) is 3.10. The summed E-state index contributed by atoms with van der Waals surface area (Å²) in [5.41, 5.74) is 3.52. The second kappa shape index (κ2) is 4.91. The van der Waals surface area contributed by atoms with Crippen molar-refractivity contribution in [2.45, 2.75) is 16.7 Å². The highest BCUT2D eigenvalue weighted by molar-refractivity contribution is 7.99. The third kappa shape index (κ3) is 2.40. The van der Waals surface area contributed by atoms with Crippen LogP contribution in [-0.2, 0) is 0 Å². The van der Waals surface area contributed by atoms with Crippen LogP contribution in [0.15, 0.2) is 46.2 Å². The van der Waals surface area contributed by atoms with Gasteiger partial charge in [0.2, 0.25) is 0 Å². The van der Waals surface area contributed by atoms with Crippen molar-refractivity contribution in [1.82, 2.24) is 0 Å². The maximum absolute atomic E-state index is 5.46. The molecule has 1 aliphatic heterocycles. The van der Waals surface area contributed by atoms with Gasteiger partial charge in [-0.3, -0.25) is 0 Å². The molecule has 0 fully saturated rings. The number of ether oxygens (including phenoxy) is 1. The van der Waals surface area contributed by atoms with Crippen molar-refractivity contribution >= 4 is 23.1 Å². The largest absolute Gasteiger partial charge is 0.481 e. The van der Waals surface area contributed by atoms with Crippen LogP contribution in [0.4, 0.5) is 11.4 Å². The lowest BCUT2D eigenvalue weighted by Gasteiger charge is -2.21. The van der Waals surface area contributed by atoms with E-state index < -0.39 is 0 Å². The molecule has 0 aliphatic carbocycles. The maximum Gasteiger partial charge on any atom is 0.148 e. The van der Waals surface area contributed by atoms with E-state index in [4.69, 9.17) is 11.2 Å². The Balaban J connectivity index is 1.92. The molecule has 3 rings (SSSR count). The molecule has 19 heavy (non-hydrogen) atoms. The van der Waals surface area contributed by atoms with Crippen LogP contribution >= 0.6 is 11.8 Å². The summed E-state index contributed by atoms with van der Waals surface area (Å²) in [6.45, 7) is 2.40. The average molecular weight is 267 g/mol. The summed E-state index contributed by atoms with van der Waals surface area (Å²) >= 11 is 1.75. The van der Waals surface area contributed by atoms with Crippen LogP contribution in [-0.4, -0.2) is 6.61 Å². The molecule has 0 unspecified atom stereocenters. The lowest BCUT2D eigenvalue weighted by molar-refractivity contribution is 0.369.